The highest BCUT2D eigenvalue weighted by atomic mass is 16.5. The van der Waals surface area contributed by atoms with Crippen molar-refractivity contribution < 1.29 is 4.74 Å². The maximum atomic E-state index is 7.99. The zero-order valence-electron chi connectivity index (χ0n) is 5.97. The van der Waals surface area contributed by atoms with Gasteiger partial charge in [0.2, 0.25) is 0 Å². The first kappa shape index (κ1) is 7.42. The predicted octanol–water partition coefficient (Wildman–Crippen LogP) is 1.50. The molecule has 11 heavy (non-hydrogen) atoms. The lowest BCUT2D eigenvalue weighted by Crippen LogP contribution is -1.88. The molecule has 0 saturated heterocycles. The number of aromatic nitrogens is 1. The molecule has 0 aromatic carbocycles. The fourth-order valence-corrected chi connectivity index (χ4v) is 0.735. The summed E-state index contributed by atoms with van der Waals surface area (Å²) in [5.41, 5.74) is 0. The van der Waals surface area contributed by atoms with E-state index in [9.17, 15) is 0 Å². The van der Waals surface area contributed by atoms with Gasteiger partial charge in [-0.25, -0.2) is 0 Å². The molecule has 3 heteroatoms. The molecule has 0 fully saturated rings. The summed E-state index contributed by atoms with van der Waals surface area (Å²) in [7, 11) is 0. The lowest BCUT2D eigenvalue weighted by Gasteiger charge is -1.93. The van der Waals surface area contributed by atoms with E-state index in [2.05, 4.69) is 4.74 Å². The Morgan fingerprint density at radius 3 is 2.82 bits per heavy atom. The van der Waals surface area contributed by atoms with Crippen LogP contribution in [0.2, 0.25) is 0 Å². The molecule has 0 N–H and O–H groups in total. The third-order valence-corrected chi connectivity index (χ3v) is 1.20. The molecular weight excluding hydrogens is 140 g/mol. The molecule has 1 aromatic rings. The Balaban J connectivity index is 2.29. The standard InChI is InChI=1S/C8H8N2O/c9-8-11-7-3-6-10-4-1-2-5-10/h1-5,7H,6H2. The molecule has 1 aromatic heterocycles. The summed E-state index contributed by atoms with van der Waals surface area (Å²) in [4.78, 5) is 0. The molecule has 0 aliphatic carbocycles. The molecule has 0 amide bonds. The Kier molecular flexibility index (Phi) is 2.82. The lowest BCUT2D eigenvalue weighted by atomic mass is 10.6. The first-order chi connectivity index (χ1) is 5.43. The minimum absolute atomic E-state index is 0.731. The molecular formula is C8H8N2O. The highest BCUT2D eigenvalue weighted by Gasteiger charge is 1.81. The fourth-order valence-electron chi connectivity index (χ4n) is 0.735. The monoisotopic (exact) mass is 148 g/mol. The molecule has 0 aliphatic rings. The smallest absolute Gasteiger partial charge is 0.291 e. The van der Waals surface area contributed by atoms with E-state index < -0.39 is 0 Å². The normalized spacial score (nSPS) is 9.73. The van der Waals surface area contributed by atoms with Crippen LogP contribution in [0.25, 0.3) is 0 Å². The molecule has 0 aliphatic heterocycles. The summed E-state index contributed by atoms with van der Waals surface area (Å²) in [6.45, 7) is 0.731. The van der Waals surface area contributed by atoms with Crippen LogP contribution in [0.15, 0.2) is 36.9 Å². The summed E-state index contributed by atoms with van der Waals surface area (Å²) < 4.78 is 6.31. The van der Waals surface area contributed by atoms with Gasteiger partial charge in [0.1, 0.15) is 6.26 Å². The fraction of sp³-hybridized carbons (Fsp3) is 0.125. The lowest BCUT2D eigenvalue weighted by molar-refractivity contribution is 0.425. The van der Waals surface area contributed by atoms with Gasteiger partial charge in [-0.3, -0.25) is 0 Å². The van der Waals surface area contributed by atoms with Gasteiger partial charge in [0.15, 0.2) is 0 Å². The van der Waals surface area contributed by atoms with E-state index in [0.717, 1.165) is 6.54 Å². The molecule has 0 bridgehead atoms. The van der Waals surface area contributed by atoms with Gasteiger partial charge in [0.25, 0.3) is 6.26 Å². The van der Waals surface area contributed by atoms with Gasteiger partial charge in [-0.2, -0.15) is 0 Å². The van der Waals surface area contributed by atoms with Gasteiger partial charge in [-0.05, 0) is 18.2 Å². The minimum Gasteiger partial charge on any atom is -0.396 e. The maximum Gasteiger partial charge on any atom is 0.291 e. The number of hydrogen-bond acceptors (Lipinski definition) is 2. The molecule has 0 saturated carbocycles. The van der Waals surface area contributed by atoms with E-state index in [1.54, 1.807) is 12.3 Å². The third-order valence-electron chi connectivity index (χ3n) is 1.20. The van der Waals surface area contributed by atoms with Crippen molar-refractivity contribution in [1.29, 1.82) is 5.26 Å². The number of nitrogens with zero attached hydrogens (tertiary/aromatic N) is 2. The predicted molar refractivity (Wildman–Crippen MR) is 40.3 cm³/mol. The molecule has 0 atom stereocenters. The molecule has 1 heterocycles. The molecule has 56 valence electrons. The number of ether oxygens (including phenoxy) is 1. The molecule has 1 rings (SSSR count). The molecule has 0 radical (unpaired) electrons. The Morgan fingerprint density at radius 2 is 2.18 bits per heavy atom. The van der Waals surface area contributed by atoms with Crippen molar-refractivity contribution >= 4 is 0 Å². The topological polar surface area (TPSA) is 37.9 Å². The van der Waals surface area contributed by atoms with Crippen LogP contribution in [0, 0.1) is 11.5 Å². The second kappa shape index (κ2) is 4.18. The van der Waals surface area contributed by atoms with Crippen LogP contribution in [0.4, 0.5) is 0 Å². The number of allylic oxidation sites excluding steroid dienone is 1. The minimum atomic E-state index is 0.731. The van der Waals surface area contributed by atoms with Crippen LogP contribution in [0.3, 0.4) is 0 Å². The SMILES string of the molecule is N#COC=CCn1cccc1. The van der Waals surface area contributed by atoms with Crippen molar-refractivity contribution in [3.8, 4) is 6.26 Å². The van der Waals surface area contributed by atoms with Crippen molar-refractivity contribution in [2.75, 3.05) is 0 Å². The Hall–Kier alpha value is -1.69. The maximum absolute atomic E-state index is 7.99. The third kappa shape index (κ3) is 2.59. The van der Waals surface area contributed by atoms with Crippen molar-refractivity contribution in [1.82, 2.24) is 4.57 Å². The van der Waals surface area contributed by atoms with E-state index in [4.69, 9.17) is 5.26 Å². The van der Waals surface area contributed by atoms with E-state index in [1.807, 2.05) is 29.1 Å². The second-order valence-electron chi connectivity index (χ2n) is 1.96. The van der Waals surface area contributed by atoms with Crippen LogP contribution >= 0.6 is 0 Å². The summed E-state index contributed by atoms with van der Waals surface area (Å²) in [5.74, 6) is 0. The Labute approximate surface area is 65.1 Å². The van der Waals surface area contributed by atoms with Gasteiger partial charge < -0.3 is 9.30 Å². The Morgan fingerprint density at radius 1 is 1.45 bits per heavy atom. The molecule has 0 unspecified atom stereocenters. The average molecular weight is 148 g/mol. The summed E-state index contributed by atoms with van der Waals surface area (Å²) in [5, 5.41) is 7.99. The molecule has 3 nitrogen and oxygen atoms in total. The van der Waals surface area contributed by atoms with Crippen molar-refractivity contribution in [2.45, 2.75) is 6.54 Å². The first-order valence-corrected chi connectivity index (χ1v) is 3.24. The van der Waals surface area contributed by atoms with Crippen LogP contribution in [-0.2, 0) is 11.3 Å². The zero-order valence-corrected chi connectivity index (χ0v) is 5.97. The molecule has 0 spiro atoms. The quantitative estimate of drug-likeness (QED) is 0.481. The van der Waals surface area contributed by atoms with E-state index in [-0.39, 0.29) is 0 Å². The average Bonchev–Trinajstić information content (AvgIpc) is 2.50. The van der Waals surface area contributed by atoms with Gasteiger partial charge in [0.05, 0.1) is 0 Å². The van der Waals surface area contributed by atoms with Gasteiger partial charge in [-0.15, -0.1) is 5.26 Å². The van der Waals surface area contributed by atoms with Crippen LogP contribution in [-0.4, -0.2) is 4.57 Å². The van der Waals surface area contributed by atoms with Gasteiger partial charge in [0, 0.05) is 18.9 Å². The van der Waals surface area contributed by atoms with E-state index in [1.165, 1.54) is 6.26 Å². The summed E-state index contributed by atoms with van der Waals surface area (Å²) in [6.07, 6.45) is 8.58. The van der Waals surface area contributed by atoms with Gasteiger partial charge in [-0.1, -0.05) is 0 Å². The highest BCUT2D eigenvalue weighted by Crippen LogP contribution is 1.90. The number of rotatable bonds is 3. The van der Waals surface area contributed by atoms with E-state index >= 15 is 0 Å². The van der Waals surface area contributed by atoms with E-state index in [0.29, 0.717) is 0 Å². The zero-order chi connectivity index (χ0) is 7.94. The van der Waals surface area contributed by atoms with Crippen LogP contribution in [0.5, 0.6) is 0 Å². The van der Waals surface area contributed by atoms with Crippen molar-refractivity contribution in [3.05, 3.63) is 36.9 Å². The second-order valence-corrected chi connectivity index (χ2v) is 1.96. The summed E-state index contributed by atoms with van der Waals surface area (Å²) in [6, 6.07) is 3.89. The number of hydrogen-bond donors (Lipinski definition) is 0. The van der Waals surface area contributed by atoms with Crippen molar-refractivity contribution in [2.24, 2.45) is 0 Å². The largest absolute Gasteiger partial charge is 0.396 e. The van der Waals surface area contributed by atoms with Crippen LogP contribution < -0.4 is 0 Å². The Bertz CT molecular complexity index is 256. The first-order valence-electron chi connectivity index (χ1n) is 3.24. The van der Waals surface area contributed by atoms with Crippen molar-refractivity contribution in [3.63, 3.8) is 0 Å². The van der Waals surface area contributed by atoms with Crippen LogP contribution in [0.1, 0.15) is 0 Å². The highest BCUT2D eigenvalue weighted by molar-refractivity contribution is 4.92. The summed E-state index contributed by atoms with van der Waals surface area (Å²) >= 11 is 0. The number of nitriles is 1. The van der Waals surface area contributed by atoms with Gasteiger partial charge >= 0.3 is 0 Å².